The Morgan fingerprint density at radius 3 is 3.00 bits per heavy atom. The maximum Gasteiger partial charge on any atom is 0.134 e. The molecule has 0 saturated heterocycles. The molecule has 0 saturated carbocycles. The maximum atomic E-state index is 5.97. The van der Waals surface area contributed by atoms with E-state index in [2.05, 4.69) is 32.8 Å². The van der Waals surface area contributed by atoms with E-state index in [-0.39, 0.29) is 0 Å². The fraction of sp³-hybridized carbons (Fsp3) is 0.0833. The first kappa shape index (κ1) is 11.4. The minimum absolute atomic E-state index is 0.687. The van der Waals surface area contributed by atoms with Crippen LogP contribution in [0.1, 0.15) is 0 Å². The number of halogens is 2. The predicted octanol–water partition coefficient (Wildman–Crippen LogP) is 4.25. The normalized spacial score (nSPS) is 10.4. The van der Waals surface area contributed by atoms with E-state index in [1.54, 1.807) is 12.3 Å². The SMILES string of the molecule is C=CCNc1ncc(Br)c2cc(Cl)ccc12. The lowest BCUT2D eigenvalue weighted by Crippen LogP contribution is -2.00. The molecular weight excluding hydrogens is 288 g/mol. The zero-order chi connectivity index (χ0) is 11.5. The Labute approximate surface area is 107 Å². The number of nitrogens with one attached hydrogen (secondary N) is 1. The van der Waals surface area contributed by atoms with Crippen LogP contribution >= 0.6 is 27.5 Å². The third kappa shape index (κ3) is 2.20. The molecule has 1 N–H and O–H groups in total. The first-order chi connectivity index (χ1) is 7.72. The molecule has 0 aliphatic rings. The number of benzene rings is 1. The Morgan fingerprint density at radius 1 is 1.44 bits per heavy atom. The summed E-state index contributed by atoms with van der Waals surface area (Å²) in [5.74, 6) is 0.842. The van der Waals surface area contributed by atoms with Gasteiger partial charge >= 0.3 is 0 Å². The summed E-state index contributed by atoms with van der Waals surface area (Å²) in [6.07, 6.45) is 3.57. The van der Waals surface area contributed by atoms with Crippen molar-refractivity contribution in [2.24, 2.45) is 0 Å². The van der Waals surface area contributed by atoms with Crippen LogP contribution in [0.3, 0.4) is 0 Å². The molecule has 0 aliphatic carbocycles. The van der Waals surface area contributed by atoms with Gasteiger partial charge in [-0.25, -0.2) is 4.98 Å². The number of aromatic nitrogens is 1. The molecule has 0 spiro atoms. The van der Waals surface area contributed by atoms with Gasteiger partial charge in [0.15, 0.2) is 0 Å². The summed E-state index contributed by atoms with van der Waals surface area (Å²) >= 11 is 9.43. The lowest BCUT2D eigenvalue weighted by Gasteiger charge is -2.08. The number of anilines is 1. The minimum atomic E-state index is 0.687. The summed E-state index contributed by atoms with van der Waals surface area (Å²) in [4.78, 5) is 4.32. The van der Waals surface area contributed by atoms with Crippen LogP contribution in [-0.2, 0) is 0 Å². The van der Waals surface area contributed by atoms with E-state index >= 15 is 0 Å². The van der Waals surface area contributed by atoms with Crippen LogP contribution in [0, 0.1) is 0 Å². The molecule has 16 heavy (non-hydrogen) atoms. The van der Waals surface area contributed by atoms with Gasteiger partial charge in [-0.1, -0.05) is 17.7 Å². The Morgan fingerprint density at radius 2 is 2.25 bits per heavy atom. The molecule has 0 atom stereocenters. The number of hydrogen-bond acceptors (Lipinski definition) is 2. The molecule has 0 fully saturated rings. The maximum absolute atomic E-state index is 5.97. The summed E-state index contributed by atoms with van der Waals surface area (Å²) in [5.41, 5.74) is 0. The highest BCUT2D eigenvalue weighted by molar-refractivity contribution is 9.10. The van der Waals surface area contributed by atoms with E-state index in [1.807, 2.05) is 18.2 Å². The molecule has 0 radical (unpaired) electrons. The van der Waals surface area contributed by atoms with Gasteiger partial charge in [-0.05, 0) is 34.1 Å². The number of fused-ring (bicyclic) bond motifs is 1. The Hall–Kier alpha value is -1.06. The highest BCUT2D eigenvalue weighted by Crippen LogP contribution is 2.30. The van der Waals surface area contributed by atoms with Gasteiger partial charge in [-0.15, -0.1) is 6.58 Å². The molecular formula is C12H10BrClN2. The first-order valence-electron chi connectivity index (χ1n) is 4.81. The van der Waals surface area contributed by atoms with Crippen molar-refractivity contribution in [1.29, 1.82) is 0 Å². The van der Waals surface area contributed by atoms with Crippen molar-refractivity contribution < 1.29 is 0 Å². The second kappa shape index (κ2) is 4.85. The molecule has 82 valence electrons. The smallest absolute Gasteiger partial charge is 0.134 e. The van der Waals surface area contributed by atoms with Gasteiger partial charge in [0.2, 0.25) is 0 Å². The van der Waals surface area contributed by atoms with Crippen LogP contribution in [0.4, 0.5) is 5.82 Å². The zero-order valence-corrected chi connectivity index (χ0v) is 10.8. The molecule has 2 rings (SSSR count). The van der Waals surface area contributed by atoms with E-state index in [1.165, 1.54) is 0 Å². The van der Waals surface area contributed by atoms with Crippen molar-refractivity contribution in [1.82, 2.24) is 4.98 Å². The Bertz CT molecular complexity index is 540. The number of hydrogen-bond donors (Lipinski definition) is 1. The topological polar surface area (TPSA) is 24.9 Å². The van der Waals surface area contributed by atoms with E-state index in [9.17, 15) is 0 Å². The van der Waals surface area contributed by atoms with Gasteiger partial charge in [0, 0.05) is 33.0 Å². The third-order valence-electron chi connectivity index (χ3n) is 2.21. The molecule has 0 unspecified atom stereocenters. The Balaban J connectivity index is 2.59. The lowest BCUT2D eigenvalue weighted by molar-refractivity contribution is 1.24. The van der Waals surface area contributed by atoms with Gasteiger partial charge in [-0.3, -0.25) is 0 Å². The van der Waals surface area contributed by atoms with Crippen molar-refractivity contribution in [3.63, 3.8) is 0 Å². The minimum Gasteiger partial charge on any atom is -0.366 e. The largest absolute Gasteiger partial charge is 0.366 e. The van der Waals surface area contributed by atoms with Gasteiger partial charge in [0.1, 0.15) is 5.82 Å². The highest BCUT2D eigenvalue weighted by atomic mass is 79.9. The molecule has 1 aromatic heterocycles. The van der Waals surface area contributed by atoms with E-state index < -0.39 is 0 Å². The summed E-state index contributed by atoms with van der Waals surface area (Å²) < 4.78 is 0.939. The van der Waals surface area contributed by atoms with E-state index in [0.29, 0.717) is 11.6 Å². The summed E-state index contributed by atoms with van der Waals surface area (Å²) in [5, 5.41) is 6.00. The molecule has 0 amide bonds. The van der Waals surface area contributed by atoms with Crippen molar-refractivity contribution in [3.8, 4) is 0 Å². The second-order valence-electron chi connectivity index (χ2n) is 3.31. The number of pyridine rings is 1. The molecule has 0 bridgehead atoms. The quantitative estimate of drug-likeness (QED) is 0.857. The molecule has 0 aliphatic heterocycles. The molecule has 2 nitrogen and oxygen atoms in total. The average Bonchev–Trinajstić information content (AvgIpc) is 2.29. The van der Waals surface area contributed by atoms with Gasteiger partial charge in [0.25, 0.3) is 0 Å². The summed E-state index contributed by atoms with van der Waals surface area (Å²) in [7, 11) is 0. The van der Waals surface area contributed by atoms with E-state index in [0.717, 1.165) is 21.1 Å². The lowest BCUT2D eigenvalue weighted by atomic mass is 10.1. The molecule has 4 heteroatoms. The van der Waals surface area contributed by atoms with Crippen LogP contribution in [0.2, 0.25) is 5.02 Å². The highest BCUT2D eigenvalue weighted by Gasteiger charge is 2.05. The fourth-order valence-corrected chi connectivity index (χ4v) is 2.09. The zero-order valence-electron chi connectivity index (χ0n) is 8.50. The van der Waals surface area contributed by atoms with Crippen LogP contribution in [0.5, 0.6) is 0 Å². The van der Waals surface area contributed by atoms with Crippen LogP contribution in [0.15, 0.2) is 41.5 Å². The van der Waals surface area contributed by atoms with Crippen molar-refractivity contribution in [3.05, 3.63) is 46.5 Å². The van der Waals surface area contributed by atoms with Gasteiger partial charge < -0.3 is 5.32 Å². The van der Waals surface area contributed by atoms with E-state index in [4.69, 9.17) is 11.6 Å². The Kier molecular flexibility index (Phi) is 3.46. The van der Waals surface area contributed by atoms with Gasteiger partial charge in [-0.2, -0.15) is 0 Å². The average molecular weight is 298 g/mol. The predicted molar refractivity (Wildman–Crippen MR) is 73.1 cm³/mol. The van der Waals surface area contributed by atoms with Crippen LogP contribution < -0.4 is 5.32 Å². The molecule has 1 aromatic carbocycles. The second-order valence-corrected chi connectivity index (χ2v) is 4.60. The monoisotopic (exact) mass is 296 g/mol. The summed E-state index contributed by atoms with van der Waals surface area (Å²) in [6, 6.07) is 5.74. The number of rotatable bonds is 3. The molecule has 1 heterocycles. The van der Waals surface area contributed by atoms with Crippen molar-refractivity contribution in [2.75, 3.05) is 11.9 Å². The van der Waals surface area contributed by atoms with Gasteiger partial charge in [0.05, 0.1) is 0 Å². The number of nitrogens with zero attached hydrogens (tertiary/aromatic N) is 1. The van der Waals surface area contributed by atoms with Crippen LogP contribution in [-0.4, -0.2) is 11.5 Å². The summed E-state index contributed by atoms with van der Waals surface area (Å²) in [6.45, 7) is 4.35. The first-order valence-corrected chi connectivity index (χ1v) is 5.98. The van der Waals surface area contributed by atoms with Crippen molar-refractivity contribution in [2.45, 2.75) is 0 Å². The third-order valence-corrected chi connectivity index (χ3v) is 3.08. The molecule has 2 aromatic rings. The van der Waals surface area contributed by atoms with Crippen molar-refractivity contribution >= 4 is 44.1 Å². The fourth-order valence-electron chi connectivity index (χ4n) is 1.49. The standard InChI is InChI=1S/C12H10BrClN2/c1-2-5-15-12-9-4-3-8(14)6-10(9)11(13)7-16-12/h2-4,6-7H,1,5H2,(H,15,16). The van der Waals surface area contributed by atoms with Crippen LogP contribution in [0.25, 0.3) is 10.8 Å².